The van der Waals surface area contributed by atoms with Crippen molar-refractivity contribution >= 4 is 34.2 Å². The zero-order chi connectivity index (χ0) is 11.7. The van der Waals surface area contributed by atoms with E-state index in [0.29, 0.717) is 5.02 Å². The second-order valence-corrected chi connectivity index (χ2v) is 5.28. The molecule has 0 spiro atoms. The zero-order valence-corrected chi connectivity index (χ0v) is 11.6. The summed E-state index contributed by atoms with van der Waals surface area (Å²) >= 11 is 8.28. The first-order valence-corrected chi connectivity index (χ1v) is 6.28. The van der Waals surface area contributed by atoms with Gasteiger partial charge in [-0.05, 0) is 76.5 Å². The summed E-state index contributed by atoms with van der Waals surface area (Å²) in [7, 11) is 0. The molecule has 2 aromatic carbocycles. The van der Waals surface area contributed by atoms with Crippen LogP contribution in [-0.2, 0) is 0 Å². The van der Waals surface area contributed by atoms with Gasteiger partial charge in [0.25, 0.3) is 0 Å². The van der Waals surface area contributed by atoms with Crippen molar-refractivity contribution in [1.29, 1.82) is 0 Å². The normalized spacial score (nSPS) is 10.4. The molecule has 0 aromatic heterocycles. The summed E-state index contributed by atoms with van der Waals surface area (Å²) < 4.78 is 1.09. The van der Waals surface area contributed by atoms with Crippen molar-refractivity contribution in [2.75, 3.05) is 0 Å². The Morgan fingerprint density at radius 2 is 1.88 bits per heavy atom. The highest BCUT2D eigenvalue weighted by molar-refractivity contribution is 14.1. The average molecular weight is 345 g/mol. The van der Waals surface area contributed by atoms with Crippen molar-refractivity contribution in [1.82, 2.24) is 0 Å². The third-order valence-electron chi connectivity index (χ3n) is 2.30. The van der Waals surface area contributed by atoms with Gasteiger partial charge in [0.1, 0.15) is 5.75 Å². The molecule has 0 saturated heterocycles. The molecule has 3 heteroatoms. The van der Waals surface area contributed by atoms with Gasteiger partial charge in [0.05, 0.1) is 0 Å². The van der Waals surface area contributed by atoms with Gasteiger partial charge in [0.15, 0.2) is 0 Å². The monoisotopic (exact) mass is 344 g/mol. The SMILES string of the molecule is Cc1cc(Cl)cc(-c2cc(O)ccc2I)c1. The second-order valence-electron chi connectivity index (χ2n) is 3.68. The minimum Gasteiger partial charge on any atom is -0.508 e. The van der Waals surface area contributed by atoms with Crippen LogP contribution in [0, 0.1) is 10.5 Å². The number of aromatic hydroxyl groups is 1. The van der Waals surface area contributed by atoms with Gasteiger partial charge in [-0.3, -0.25) is 0 Å². The van der Waals surface area contributed by atoms with Gasteiger partial charge in [-0.25, -0.2) is 0 Å². The highest BCUT2D eigenvalue weighted by Gasteiger charge is 2.05. The number of aryl methyl sites for hydroxylation is 1. The van der Waals surface area contributed by atoms with E-state index >= 15 is 0 Å². The van der Waals surface area contributed by atoms with Gasteiger partial charge >= 0.3 is 0 Å². The molecule has 0 aliphatic rings. The van der Waals surface area contributed by atoms with Crippen LogP contribution in [0.3, 0.4) is 0 Å². The Morgan fingerprint density at radius 1 is 1.12 bits per heavy atom. The van der Waals surface area contributed by atoms with Crippen LogP contribution in [0.15, 0.2) is 36.4 Å². The van der Waals surface area contributed by atoms with Crippen LogP contribution in [0.2, 0.25) is 5.02 Å². The van der Waals surface area contributed by atoms with E-state index in [2.05, 4.69) is 28.7 Å². The van der Waals surface area contributed by atoms with Crippen LogP contribution in [0.1, 0.15) is 5.56 Å². The summed E-state index contributed by atoms with van der Waals surface area (Å²) in [6.07, 6.45) is 0. The lowest BCUT2D eigenvalue weighted by atomic mass is 10.0. The van der Waals surface area contributed by atoms with Gasteiger partial charge in [-0.2, -0.15) is 0 Å². The molecule has 0 radical (unpaired) electrons. The lowest BCUT2D eigenvalue weighted by molar-refractivity contribution is 0.475. The molecule has 0 aliphatic carbocycles. The van der Waals surface area contributed by atoms with E-state index in [1.165, 1.54) is 0 Å². The topological polar surface area (TPSA) is 20.2 Å². The third-order valence-corrected chi connectivity index (χ3v) is 3.46. The maximum Gasteiger partial charge on any atom is 0.116 e. The molecule has 0 unspecified atom stereocenters. The maximum atomic E-state index is 9.50. The van der Waals surface area contributed by atoms with Gasteiger partial charge in [0, 0.05) is 8.59 Å². The van der Waals surface area contributed by atoms with Gasteiger partial charge < -0.3 is 5.11 Å². The molecular formula is C13H10ClIO. The Kier molecular flexibility index (Phi) is 3.40. The van der Waals surface area contributed by atoms with E-state index in [-0.39, 0.29) is 5.75 Å². The van der Waals surface area contributed by atoms with Crippen LogP contribution >= 0.6 is 34.2 Å². The molecule has 0 saturated carbocycles. The Hall–Kier alpha value is -0.740. The molecule has 82 valence electrons. The van der Waals surface area contributed by atoms with Crippen LogP contribution in [-0.4, -0.2) is 5.11 Å². The van der Waals surface area contributed by atoms with Gasteiger partial charge in [-0.1, -0.05) is 17.7 Å². The predicted octanol–water partition coefficient (Wildman–Crippen LogP) is 4.63. The number of hydrogen-bond acceptors (Lipinski definition) is 1. The molecule has 1 nitrogen and oxygen atoms in total. The molecule has 0 aliphatic heterocycles. The maximum absolute atomic E-state index is 9.50. The Bertz CT molecular complexity index is 517. The van der Waals surface area contributed by atoms with E-state index in [0.717, 1.165) is 20.3 Å². The quantitative estimate of drug-likeness (QED) is 0.748. The van der Waals surface area contributed by atoms with E-state index in [1.807, 2.05) is 25.1 Å². The van der Waals surface area contributed by atoms with Crippen LogP contribution in [0.4, 0.5) is 0 Å². The fourth-order valence-corrected chi connectivity index (χ4v) is 2.56. The Balaban J connectivity index is 2.62. The molecular weight excluding hydrogens is 334 g/mol. The number of benzene rings is 2. The van der Waals surface area contributed by atoms with Crippen LogP contribution in [0.25, 0.3) is 11.1 Å². The van der Waals surface area contributed by atoms with Crippen molar-refractivity contribution in [2.24, 2.45) is 0 Å². The molecule has 16 heavy (non-hydrogen) atoms. The lowest BCUT2D eigenvalue weighted by Gasteiger charge is -2.07. The first-order chi connectivity index (χ1) is 7.56. The second kappa shape index (κ2) is 4.63. The molecule has 0 atom stereocenters. The fourth-order valence-electron chi connectivity index (χ4n) is 1.63. The summed E-state index contributed by atoms with van der Waals surface area (Å²) in [4.78, 5) is 0. The summed E-state index contributed by atoms with van der Waals surface area (Å²) in [5.41, 5.74) is 3.15. The van der Waals surface area contributed by atoms with E-state index in [9.17, 15) is 5.11 Å². The largest absolute Gasteiger partial charge is 0.508 e. The summed E-state index contributed by atoms with van der Waals surface area (Å²) in [6, 6.07) is 11.2. The van der Waals surface area contributed by atoms with Crippen LogP contribution in [0.5, 0.6) is 5.75 Å². The smallest absolute Gasteiger partial charge is 0.116 e. The van der Waals surface area contributed by atoms with Crippen molar-refractivity contribution in [3.05, 3.63) is 50.6 Å². The number of phenols is 1. The lowest BCUT2D eigenvalue weighted by Crippen LogP contribution is -1.84. The van der Waals surface area contributed by atoms with Crippen molar-refractivity contribution < 1.29 is 5.11 Å². The molecule has 0 heterocycles. The Morgan fingerprint density at radius 3 is 2.56 bits per heavy atom. The van der Waals surface area contributed by atoms with E-state index in [4.69, 9.17) is 11.6 Å². The van der Waals surface area contributed by atoms with E-state index in [1.54, 1.807) is 12.1 Å². The minimum atomic E-state index is 0.271. The van der Waals surface area contributed by atoms with Gasteiger partial charge in [-0.15, -0.1) is 0 Å². The first kappa shape index (κ1) is 11.7. The number of rotatable bonds is 1. The number of halogens is 2. The standard InChI is InChI=1S/C13H10ClIO/c1-8-4-9(6-10(14)5-8)12-7-11(16)2-3-13(12)15/h2-7,16H,1H3. The fraction of sp³-hybridized carbons (Fsp3) is 0.0769. The Labute approximate surface area is 113 Å². The summed E-state index contributed by atoms with van der Waals surface area (Å²) in [5, 5.41) is 10.2. The van der Waals surface area contributed by atoms with E-state index < -0.39 is 0 Å². The van der Waals surface area contributed by atoms with Crippen molar-refractivity contribution in [2.45, 2.75) is 6.92 Å². The molecule has 2 aromatic rings. The summed E-state index contributed by atoms with van der Waals surface area (Å²) in [6.45, 7) is 2.01. The molecule has 0 bridgehead atoms. The number of hydrogen-bond donors (Lipinski definition) is 1. The predicted molar refractivity (Wildman–Crippen MR) is 76.0 cm³/mol. The van der Waals surface area contributed by atoms with Crippen LogP contribution < -0.4 is 0 Å². The van der Waals surface area contributed by atoms with Gasteiger partial charge in [0.2, 0.25) is 0 Å². The molecule has 0 fully saturated rings. The minimum absolute atomic E-state index is 0.271. The highest BCUT2D eigenvalue weighted by atomic mass is 127. The zero-order valence-electron chi connectivity index (χ0n) is 8.67. The molecule has 2 rings (SSSR count). The first-order valence-electron chi connectivity index (χ1n) is 4.82. The number of phenolic OH excluding ortho intramolecular Hbond substituents is 1. The average Bonchev–Trinajstić information content (AvgIpc) is 2.20. The summed E-state index contributed by atoms with van der Waals surface area (Å²) in [5.74, 6) is 0.271. The molecule has 1 N–H and O–H groups in total. The highest BCUT2D eigenvalue weighted by Crippen LogP contribution is 2.31. The molecule has 0 amide bonds. The van der Waals surface area contributed by atoms with Crippen molar-refractivity contribution in [3.63, 3.8) is 0 Å². The third kappa shape index (κ3) is 2.50. The van der Waals surface area contributed by atoms with Crippen molar-refractivity contribution in [3.8, 4) is 16.9 Å².